The third kappa shape index (κ3) is 2.65. The summed E-state index contributed by atoms with van der Waals surface area (Å²) in [4.78, 5) is 12.3. The Morgan fingerprint density at radius 1 is 0.850 bits per heavy atom. The fraction of sp³-hybridized carbons (Fsp3) is 0. The van der Waals surface area contributed by atoms with E-state index < -0.39 is 0 Å². The SMILES string of the molecule is N#Cc1cc(C(=O)c2ccc(Cl)c(C#N)c2)ccc1Cl. The van der Waals surface area contributed by atoms with Crippen molar-refractivity contribution in [3.63, 3.8) is 0 Å². The summed E-state index contributed by atoms with van der Waals surface area (Å²) in [6.45, 7) is 0. The molecule has 2 aromatic rings. The van der Waals surface area contributed by atoms with Gasteiger partial charge in [0, 0.05) is 11.1 Å². The zero-order chi connectivity index (χ0) is 14.7. The van der Waals surface area contributed by atoms with E-state index in [-0.39, 0.29) is 27.0 Å². The van der Waals surface area contributed by atoms with Crippen molar-refractivity contribution in [1.82, 2.24) is 0 Å². The standard InChI is InChI=1S/C15H6Cl2N2O/c16-13-3-1-9(5-11(13)7-18)15(20)10-2-4-14(17)12(6-10)8-19/h1-6H. The van der Waals surface area contributed by atoms with Crippen LogP contribution in [0.1, 0.15) is 27.0 Å². The maximum Gasteiger partial charge on any atom is 0.193 e. The number of carbonyl (C=O) groups is 1. The second-order valence-electron chi connectivity index (χ2n) is 3.94. The lowest BCUT2D eigenvalue weighted by atomic mass is 10.00. The van der Waals surface area contributed by atoms with Crippen LogP contribution in [0, 0.1) is 22.7 Å². The van der Waals surface area contributed by atoms with Gasteiger partial charge in [-0.15, -0.1) is 0 Å². The third-order valence-corrected chi connectivity index (χ3v) is 3.36. The number of hydrogen-bond donors (Lipinski definition) is 0. The average molecular weight is 301 g/mol. The summed E-state index contributed by atoms with van der Waals surface area (Å²) in [7, 11) is 0. The summed E-state index contributed by atoms with van der Waals surface area (Å²) in [6.07, 6.45) is 0. The van der Waals surface area contributed by atoms with Gasteiger partial charge in [-0.3, -0.25) is 4.79 Å². The van der Waals surface area contributed by atoms with Crippen molar-refractivity contribution < 1.29 is 4.79 Å². The highest BCUT2D eigenvalue weighted by Gasteiger charge is 2.13. The van der Waals surface area contributed by atoms with E-state index in [9.17, 15) is 4.79 Å². The Balaban J connectivity index is 2.47. The molecule has 0 heterocycles. The summed E-state index contributed by atoms with van der Waals surface area (Å²) in [5, 5.41) is 18.4. The number of nitriles is 2. The van der Waals surface area contributed by atoms with Crippen molar-refractivity contribution in [2.75, 3.05) is 0 Å². The predicted molar refractivity (Wildman–Crippen MR) is 75.8 cm³/mol. The summed E-state index contributed by atoms with van der Waals surface area (Å²) >= 11 is 11.6. The van der Waals surface area contributed by atoms with E-state index in [1.165, 1.54) is 36.4 Å². The van der Waals surface area contributed by atoms with E-state index in [2.05, 4.69) is 0 Å². The molecule has 0 radical (unpaired) electrons. The zero-order valence-corrected chi connectivity index (χ0v) is 11.5. The number of rotatable bonds is 2. The van der Waals surface area contributed by atoms with Gasteiger partial charge in [-0.1, -0.05) is 23.2 Å². The summed E-state index contributed by atoms with van der Waals surface area (Å²) in [5.74, 6) is -0.300. The van der Waals surface area contributed by atoms with Crippen LogP contribution in [-0.2, 0) is 0 Å². The van der Waals surface area contributed by atoms with Crippen molar-refractivity contribution in [1.29, 1.82) is 10.5 Å². The topological polar surface area (TPSA) is 64.7 Å². The minimum absolute atomic E-state index is 0.229. The Morgan fingerprint density at radius 3 is 1.60 bits per heavy atom. The Hall–Kier alpha value is -2.33. The van der Waals surface area contributed by atoms with Gasteiger partial charge in [0.25, 0.3) is 0 Å². The molecule has 0 atom stereocenters. The molecular weight excluding hydrogens is 295 g/mol. The van der Waals surface area contributed by atoms with Crippen LogP contribution in [-0.4, -0.2) is 5.78 Å². The van der Waals surface area contributed by atoms with Crippen LogP contribution in [0.15, 0.2) is 36.4 Å². The molecule has 2 aromatic carbocycles. The normalized spacial score (nSPS) is 9.60. The van der Waals surface area contributed by atoms with Gasteiger partial charge in [-0.05, 0) is 36.4 Å². The van der Waals surface area contributed by atoms with Gasteiger partial charge in [0.05, 0.1) is 21.2 Å². The highest BCUT2D eigenvalue weighted by atomic mass is 35.5. The molecule has 0 saturated heterocycles. The fourth-order valence-electron chi connectivity index (χ4n) is 1.67. The average Bonchev–Trinajstić information content (AvgIpc) is 2.47. The maximum atomic E-state index is 12.3. The first-order valence-electron chi connectivity index (χ1n) is 5.51. The molecule has 3 nitrogen and oxygen atoms in total. The van der Waals surface area contributed by atoms with Gasteiger partial charge in [0.15, 0.2) is 5.78 Å². The van der Waals surface area contributed by atoms with E-state index in [4.69, 9.17) is 33.7 Å². The van der Waals surface area contributed by atoms with Crippen molar-refractivity contribution >= 4 is 29.0 Å². The Labute approximate surface area is 125 Å². The van der Waals surface area contributed by atoms with Crippen LogP contribution >= 0.6 is 23.2 Å². The fourth-order valence-corrected chi connectivity index (χ4v) is 1.99. The number of benzene rings is 2. The van der Waals surface area contributed by atoms with E-state index >= 15 is 0 Å². The highest BCUT2D eigenvalue weighted by molar-refractivity contribution is 6.32. The van der Waals surface area contributed by atoms with Crippen LogP contribution in [0.3, 0.4) is 0 Å². The first-order valence-corrected chi connectivity index (χ1v) is 6.26. The molecule has 0 saturated carbocycles. The van der Waals surface area contributed by atoms with Gasteiger partial charge in [0.2, 0.25) is 0 Å². The number of carbonyl (C=O) groups excluding carboxylic acids is 1. The molecule has 2 rings (SSSR count). The molecular formula is C15H6Cl2N2O. The van der Waals surface area contributed by atoms with Crippen LogP contribution in [0.5, 0.6) is 0 Å². The molecule has 0 spiro atoms. The van der Waals surface area contributed by atoms with Gasteiger partial charge in [0.1, 0.15) is 12.1 Å². The lowest BCUT2D eigenvalue weighted by molar-refractivity contribution is 0.103. The first-order chi connectivity index (χ1) is 9.56. The zero-order valence-electron chi connectivity index (χ0n) is 10.0. The van der Waals surface area contributed by atoms with E-state index in [0.717, 1.165) is 0 Å². The smallest absolute Gasteiger partial charge is 0.193 e. The third-order valence-electron chi connectivity index (χ3n) is 2.70. The first kappa shape index (κ1) is 14.1. The molecule has 20 heavy (non-hydrogen) atoms. The van der Waals surface area contributed by atoms with Gasteiger partial charge in [-0.25, -0.2) is 0 Å². The highest BCUT2D eigenvalue weighted by Crippen LogP contribution is 2.21. The quantitative estimate of drug-likeness (QED) is 0.788. The number of nitrogens with zero attached hydrogens (tertiary/aromatic N) is 2. The van der Waals surface area contributed by atoms with Gasteiger partial charge < -0.3 is 0 Å². The Morgan fingerprint density at radius 2 is 1.25 bits per heavy atom. The van der Waals surface area contributed by atoms with Gasteiger partial charge >= 0.3 is 0 Å². The monoisotopic (exact) mass is 300 g/mol. The molecule has 5 heteroatoms. The largest absolute Gasteiger partial charge is 0.289 e. The molecule has 0 aliphatic carbocycles. The summed E-state index contributed by atoms with van der Waals surface area (Å²) in [5.41, 5.74) is 1.12. The van der Waals surface area contributed by atoms with Crippen molar-refractivity contribution in [3.05, 3.63) is 68.7 Å². The molecule has 0 aliphatic heterocycles. The predicted octanol–water partition coefficient (Wildman–Crippen LogP) is 3.97. The molecule has 0 unspecified atom stereocenters. The van der Waals surface area contributed by atoms with Crippen molar-refractivity contribution in [3.8, 4) is 12.1 Å². The van der Waals surface area contributed by atoms with Crippen LogP contribution < -0.4 is 0 Å². The second kappa shape index (κ2) is 5.75. The number of halogens is 2. The van der Waals surface area contributed by atoms with Crippen LogP contribution in [0.2, 0.25) is 10.0 Å². The Kier molecular flexibility index (Phi) is 4.05. The van der Waals surface area contributed by atoms with Gasteiger partial charge in [-0.2, -0.15) is 10.5 Å². The van der Waals surface area contributed by atoms with E-state index in [0.29, 0.717) is 11.1 Å². The number of ketones is 1. The molecule has 96 valence electrons. The summed E-state index contributed by atoms with van der Waals surface area (Å²) in [6, 6.07) is 12.7. The minimum Gasteiger partial charge on any atom is -0.289 e. The minimum atomic E-state index is -0.300. The second-order valence-corrected chi connectivity index (χ2v) is 4.76. The number of hydrogen-bond acceptors (Lipinski definition) is 3. The lowest BCUT2D eigenvalue weighted by Crippen LogP contribution is -2.02. The van der Waals surface area contributed by atoms with Crippen molar-refractivity contribution in [2.45, 2.75) is 0 Å². The summed E-state index contributed by atoms with van der Waals surface area (Å²) < 4.78 is 0. The van der Waals surface area contributed by atoms with E-state index in [1.54, 1.807) is 0 Å². The Bertz CT molecular complexity index is 720. The lowest BCUT2D eigenvalue weighted by Gasteiger charge is -2.04. The van der Waals surface area contributed by atoms with Crippen LogP contribution in [0.25, 0.3) is 0 Å². The molecule has 0 amide bonds. The van der Waals surface area contributed by atoms with Crippen LogP contribution in [0.4, 0.5) is 0 Å². The maximum absolute atomic E-state index is 12.3. The molecule has 0 aromatic heterocycles. The molecule has 0 fully saturated rings. The van der Waals surface area contributed by atoms with E-state index in [1.807, 2.05) is 12.1 Å². The van der Waals surface area contributed by atoms with Crippen molar-refractivity contribution in [2.24, 2.45) is 0 Å². The molecule has 0 bridgehead atoms. The molecule has 0 aliphatic rings. The molecule has 0 N–H and O–H groups in total.